The van der Waals surface area contributed by atoms with Crippen LogP contribution in [0.3, 0.4) is 0 Å². The zero-order valence-corrected chi connectivity index (χ0v) is 11.0. The SMILES string of the molecule is Cc1noc(C2CCCN2C(=O)c2cccc(F)c2)n1. The van der Waals surface area contributed by atoms with Gasteiger partial charge in [-0.2, -0.15) is 4.98 Å². The van der Waals surface area contributed by atoms with E-state index in [-0.39, 0.29) is 11.9 Å². The molecule has 1 aliphatic rings. The maximum atomic E-state index is 13.2. The number of halogens is 1. The van der Waals surface area contributed by atoms with E-state index in [0.717, 1.165) is 12.8 Å². The molecule has 2 aromatic rings. The molecule has 2 heterocycles. The van der Waals surface area contributed by atoms with Gasteiger partial charge in [0.05, 0.1) is 0 Å². The van der Waals surface area contributed by atoms with Crippen LogP contribution in [-0.2, 0) is 0 Å². The highest BCUT2D eigenvalue weighted by atomic mass is 19.1. The fourth-order valence-corrected chi connectivity index (χ4v) is 2.50. The Morgan fingerprint density at radius 3 is 3.05 bits per heavy atom. The second-order valence-electron chi connectivity index (χ2n) is 4.85. The molecular weight excluding hydrogens is 261 g/mol. The molecule has 104 valence electrons. The number of hydrogen-bond acceptors (Lipinski definition) is 4. The Morgan fingerprint density at radius 2 is 2.35 bits per heavy atom. The molecule has 1 atom stereocenters. The molecule has 1 fully saturated rings. The lowest BCUT2D eigenvalue weighted by molar-refractivity contribution is 0.0709. The van der Waals surface area contributed by atoms with E-state index in [1.165, 1.54) is 18.2 Å². The molecule has 5 nitrogen and oxygen atoms in total. The molecule has 3 rings (SSSR count). The van der Waals surface area contributed by atoms with Gasteiger partial charge in [0.25, 0.3) is 5.91 Å². The van der Waals surface area contributed by atoms with Crippen LogP contribution in [0.5, 0.6) is 0 Å². The van der Waals surface area contributed by atoms with E-state index in [1.807, 2.05) is 0 Å². The number of nitrogens with zero attached hydrogens (tertiary/aromatic N) is 3. The van der Waals surface area contributed by atoms with Crippen LogP contribution in [0.25, 0.3) is 0 Å². The van der Waals surface area contributed by atoms with E-state index in [1.54, 1.807) is 17.9 Å². The third-order valence-corrected chi connectivity index (χ3v) is 3.41. The van der Waals surface area contributed by atoms with E-state index in [4.69, 9.17) is 4.52 Å². The molecule has 1 aromatic heterocycles. The summed E-state index contributed by atoms with van der Waals surface area (Å²) in [5.41, 5.74) is 0.341. The van der Waals surface area contributed by atoms with Gasteiger partial charge in [0.1, 0.15) is 11.9 Å². The number of carbonyl (C=O) groups is 1. The van der Waals surface area contributed by atoms with Crippen LogP contribution >= 0.6 is 0 Å². The van der Waals surface area contributed by atoms with Gasteiger partial charge in [0.15, 0.2) is 5.82 Å². The smallest absolute Gasteiger partial charge is 0.254 e. The molecule has 6 heteroatoms. The van der Waals surface area contributed by atoms with Crippen LogP contribution in [0.1, 0.15) is 41.0 Å². The van der Waals surface area contributed by atoms with Crippen molar-refractivity contribution in [3.63, 3.8) is 0 Å². The van der Waals surface area contributed by atoms with Crippen molar-refractivity contribution in [2.45, 2.75) is 25.8 Å². The summed E-state index contributed by atoms with van der Waals surface area (Å²) in [7, 11) is 0. The van der Waals surface area contributed by atoms with Crippen molar-refractivity contribution in [2.24, 2.45) is 0 Å². The normalized spacial score (nSPS) is 18.5. The minimum Gasteiger partial charge on any atom is -0.337 e. The van der Waals surface area contributed by atoms with Crippen molar-refractivity contribution >= 4 is 5.91 Å². The molecule has 1 aliphatic heterocycles. The monoisotopic (exact) mass is 275 g/mol. The number of amides is 1. The van der Waals surface area contributed by atoms with Gasteiger partial charge in [0, 0.05) is 12.1 Å². The zero-order chi connectivity index (χ0) is 14.1. The minimum absolute atomic E-state index is 0.206. The Bertz CT molecular complexity index is 641. The predicted molar refractivity (Wildman–Crippen MR) is 68.4 cm³/mol. The molecule has 0 bridgehead atoms. The maximum Gasteiger partial charge on any atom is 0.254 e. The molecule has 1 aromatic carbocycles. The van der Waals surface area contributed by atoms with E-state index in [0.29, 0.717) is 23.8 Å². The highest BCUT2D eigenvalue weighted by Gasteiger charge is 2.34. The summed E-state index contributed by atoms with van der Waals surface area (Å²) in [5.74, 6) is 0.373. The number of carbonyl (C=O) groups excluding carboxylic acids is 1. The van der Waals surface area contributed by atoms with Crippen molar-refractivity contribution in [3.8, 4) is 0 Å². The molecule has 1 amide bonds. The average Bonchev–Trinajstić information content (AvgIpc) is 3.06. The largest absolute Gasteiger partial charge is 0.337 e. The fraction of sp³-hybridized carbons (Fsp3) is 0.357. The Labute approximate surface area is 115 Å². The number of hydrogen-bond donors (Lipinski definition) is 0. The van der Waals surface area contributed by atoms with Crippen LogP contribution in [-0.4, -0.2) is 27.5 Å². The molecule has 0 saturated carbocycles. The van der Waals surface area contributed by atoms with E-state index in [9.17, 15) is 9.18 Å². The van der Waals surface area contributed by atoms with Crippen molar-refractivity contribution in [2.75, 3.05) is 6.54 Å². The number of aromatic nitrogens is 2. The topological polar surface area (TPSA) is 59.2 Å². The molecule has 0 aliphatic carbocycles. The lowest BCUT2D eigenvalue weighted by Gasteiger charge is -2.21. The molecule has 1 unspecified atom stereocenters. The van der Waals surface area contributed by atoms with Crippen LogP contribution in [0.15, 0.2) is 28.8 Å². The van der Waals surface area contributed by atoms with Gasteiger partial charge >= 0.3 is 0 Å². The van der Waals surface area contributed by atoms with Crippen LogP contribution in [0.4, 0.5) is 4.39 Å². The summed E-state index contributed by atoms with van der Waals surface area (Å²) >= 11 is 0. The summed E-state index contributed by atoms with van der Waals surface area (Å²) in [5, 5.41) is 3.76. The van der Waals surface area contributed by atoms with Gasteiger partial charge in [0.2, 0.25) is 5.89 Å². The van der Waals surface area contributed by atoms with Crippen molar-refractivity contribution in [1.82, 2.24) is 15.0 Å². The van der Waals surface area contributed by atoms with Crippen LogP contribution in [0, 0.1) is 12.7 Å². The van der Waals surface area contributed by atoms with Gasteiger partial charge in [-0.25, -0.2) is 4.39 Å². The summed E-state index contributed by atoms with van der Waals surface area (Å²) in [6.07, 6.45) is 1.65. The molecule has 1 saturated heterocycles. The van der Waals surface area contributed by atoms with Crippen molar-refractivity contribution in [1.29, 1.82) is 0 Å². The molecular formula is C14H14FN3O2. The van der Waals surface area contributed by atoms with E-state index in [2.05, 4.69) is 10.1 Å². The quantitative estimate of drug-likeness (QED) is 0.845. The Kier molecular flexibility index (Phi) is 3.22. The highest BCUT2D eigenvalue weighted by Crippen LogP contribution is 2.32. The maximum absolute atomic E-state index is 13.2. The Hall–Kier alpha value is -2.24. The first-order valence-corrected chi connectivity index (χ1v) is 6.52. The van der Waals surface area contributed by atoms with Gasteiger partial charge in [-0.05, 0) is 38.0 Å². The van der Waals surface area contributed by atoms with Crippen LogP contribution < -0.4 is 0 Å². The summed E-state index contributed by atoms with van der Waals surface area (Å²) in [4.78, 5) is 18.3. The van der Waals surface area contributed by atoms with Gasteiger partial charge in [-0.1, -0.05) is 11.2 Å². The molecule has 0 N–H and O–H groups in total. The third-order valence-electron chi connectivity index (χ3n) is 3.41. The van der Waals surface area contributed by atoms with E-state index < -0.39 is 5.82 Å². The molecule has 0 spiro atoms. The second-order valence-corrected chi connectivity index (χ2v) is 4.85. The van der Waals surface area contributed by atoms with Gasteiger partial charge in [-0.3, -0.25) is 4.79 Å². The first kappa shape index (κ1) is 12.8. The van der Waals surface area contributed by atoms with Crippen LogP contribution in [0.2, 0.25) is 0 Å². The lowest BCUT2D eigenvalue weighted by Crippen LogP contribution is -2.30. The second kappa shape index (κ2) is 5.03. The average molecular weight is 275 g/mol. The summed E-state index contributed by atoms with van der Waals surface area (Å²) < 4.78 is 18.4. The Morgan fingerprint density at radius 1 is 1.50 bits per heavy atom. The fourth-order valence-electron chi connectivity index (χ4n) is 2.50. The first-order chi connectivity index (χ1) is 9.65. The predicted octanol–water partition coefficient (Wildman–Crippen LogP) is 2.49. The number of aryl methyl sites for hydroxylation is 1. The minimum atomic E-state index is -0.416. The van der Waals surface area contributed by atoms with Gasteiger partial charge in [-0.15, -0.1) is 0 Å². The van der Waals surface area contributed by atoms with E-state index >= 15 is 0 Å². The standard InChI is InChI=1S/C14H14FN3O2/c1-9-16-13(20-17-9)12-6-3-7-18(12)14(19)10-4-2-5-11(15)8-10/h2,4-5,8,12H,3,6-7H2,1H3. The first-order valence-electron chi connectivity index (χ1n) is 6.52. The molecule has 20 heavy (non-hydrogen) atoms. The third kappa shape index (κ3) is 2.29. The number of benzene rings is 1. The molecule has 0 radical (unpaired) electrons. The zero-order valence-electron chi connectivity index (χ0n) is 11.0. The van der Waals surface area contributed by atoms with Gasteiger partial charge < -0.3 is 9.42 Å². The Balaban J connectivity index is 1.87. The highest BCUT2D eigenvalue weighted by molar-refractivity contribution is 5.94. The van der Waals surface area contributed by atoms with Crippen molar-refractivity contribution in [3.05, 3.63) is 47.4 Å². The van der Waals surface area contributed by atoms with Crippen molar-refractivity contribution < 1.29 is 13.7 Å². The number of likely N-dealkylation sites (tertiary alicyclic amines) is 1. The summed E-state index contributed by atoms with van der Waals surface area (Å²) in [6, 6.07) is 5.49. The summed E-state index contributed by atoms with van der Waals surface area (Å²) in [6.45, 7) is 2.35. The number of rotatable bonds is 2. The lowest BCUT2D eigenvalue weighted by atomic mass is 10.1.